The van der Waals surface area contributed by atoms with Crippen LogP contribution in [0.3, 0.4) is 0 Å². The van der Waals surface area contributed by atoms with E-state index < -0.39 is 5.54 Å². The number of fused-ring (bicyclic) bond motifs is 2. The molecule has 5 aromatic rings. The highest BCUT2D eigenvalue weighted by atomic mass is 16.5. The normalized spacial score (nSPS) is 14.4. The van der Waals surface area contributed by atoms with Crippen LogP contribution in [0.1, 0.15) is 133 Å². The molecule has 7 rings (SSSR count). The van der Waals surface area contributed by atoms with E-state index in [1.807, 2.05) is 87.5 Å². The molecule has 286 valence electrons. The van der Waals surface area contributed by atoms with Gasteiger partial charge in [0, 0.05) is 11.0 Å². The third kappa shape index (κ3) is 6.57. The van der Waals surface area contributed by atoms with Crippen molar-refractivity contribution < 1.29 is 28.7 Å². The molecule has 0 atom stereocenters. The third-order valence-electron chi connectivity index (χ3n) is 12.2. The zero-order valence-corrected chi connectivity index (χ0v) is 33.4. The highest BCUT2D eigenvalue weighted by Crippen LogP contribution is 2.39. The van der Waals surface area contributed by atoms with Gasteiger partial charge in [0.15, 0.2) is 0 Å². The van der Waals surface area contributed by atoms with Crippen molar-refractivity contribution in [2.75, 3.05) is 4.90 Å². The molecule has 2 aliphatic heterocycles. The number of hydrogen-bond donors (Lipinski definition) is 0. The maximum Gasteiger partial charge on any atom is 0.266 e. The molecule has 56 heavy (non-hydrogen) atoms. The Balaban J connectivity index is 1.02. The number of benzene rings is 5. The minimum Gasteiger partial charge on any atom is -0.457 e. The van der Waals surface area contributed by atoms with Gasteiger partial charge in [0.25, 0.3) is 23.6 Å². The van der Waals surface area contributed by atoms with E-state index in [1.54, 1.807) is 36.4 Å². The summed E-state index contributed by atoms with van der Waals surface area (Å²) in [7, 11) is 0. The maximum absolute atomic E-state index is 13.6. The van der Waals surface area contributed by atoms with Crippen molar-refractivity contribution in [3.63, 3.8) is 0 Å². The smallest absolute Gasteiger partial charge is 0.266 e. The molecule has 0 fully saturated rings. The van der Waals surface area contributed by atoms with Crippen LogP contribution < -0.4 is 14.4 Å². The quantitative estimate of drug-likeness (QED) is 0.118. The first kappa shape index (κ1) is 38.3. The number of nitrogens with zero attached hydrogens (tertiary/aromatic N) is 2. The van der Waals surface area contributed by atoms with E-state index in [1.165, 1.54) is 9.80 Å². The van der Waals surface area contributed by atoms with Gasteiger partial charge < -0.3 is 9.47 Å². The number of carbonyl (C=O) groups excluding carboxylic acids is 4. The van der Waals surface area contributed by atoms with Crippen molar-refractivity contribution in [2.45, 2.75) is 91.0 Å². The average molecular weight is 749 g/mol. The second-order valence-electron chi connectivity index (χ2n) is 16.2. The first-order valence-electron chi connectivity index (χ1n) is 19.3. The summed E-state index contributed by atoms with van der Waals surface area (Å²) in [4.78, 5) is 55.9. The van der Waals surface area contributed by atoms with E-state index in [2.05, 4.69) is 40.7 Å². The van der Waals surface area contributed by atoms with Gasteiger partial charge in [0.2, 0.25) is 0 Å². The van der Waals surface area contributed by atoms with Crippen LogP contribution in [0.15, 0.2) is 109 Å². The van der Waals surface area contributed by atoms with Gasteiger partial charge in [-0.1, -0.05) is 77.9 Å². The van der Waals surface area contributed by atoms with E-state index in [9.17, 15) is 19.2 Å². The molecular formula is C48H48N2O6. The van der Waals surface area contributed by atoms with Crippen molar-refractivity contribution >= 4 is 29.3 Å². The summed E-state index contributed by atoms with van der Waals surface area (Å²) >= 11 is 0. The van der Waals surface area contributed by atoms with Crippen LogP contribution in [0.5, 0.6) is 23.0 Å². The van der Waals surface area contributed by atoms with Crippen LogP contribution in [0, 0.1) is 0 Å². The van der Waals surface area contributed by atoms with Crippen LogP contribution in [-0.4, -0.2) is 34.1 Å². The Hall–Kier alpha value is -6.02. The Bertz CT molecular complexity index is 2370. The predicted octanol–water partition coefficient (Wildman–Crippen LogP) is 11.3. The zero-order chi connectivity index (χ0) is 40.2. The fourth-order valence-electron chi connectivity index (χ4n) is 7.51. The average Bonchev–Trinajstić information content (AvgIpc) is 3.61. The van der Waals surface area contributed by atoms with Crippen molar-refractivity contribution in [1.29, 1.82) is 0 Å². The molecule has 0 radical (unpaired) electrons. The Labute approximate surface area is 329 Å². The maximum atomic E-state index is 13.6. The van der Waals surface area contributed by atoms with Crippen LogP contribution in [0.2, 0.25) is 0 Å². The van der Waals surface area contributed by atoms with Gasteiger partial charge >= 0.3 is 0 Å². The van der Waals surface area contributed by atoms with E-state index in [4.69, 9.17) is 9.47 Å². The first-order valence-corrected chi connectivity index (χ1v) is 19.3. The number of hydrogen-bond acceptors (Lipinski definition) is 6. The Morgan fingerprint density at radius 2 is 0.911 bits per heavy atom. The highest BCUT2D eigenvalue weighted by Gasteiger charge is 2.43. The fraction of sp³-hybridized carbons (Fsp3) is 0.292. The third-order valence-corrected chi connectivity index (χ3v) is 12.2. The van der Waals surface area contributed by atoms with E-state index >= 15 is 0 Å². The second kappa shape index (κ2) is 14.2. The Kier molecular flexibility index (Phi) is 9.73. The molecule has 0 bridgehead atoms. The summed E-state index contributed by atoms with van der Waals surface area (Å²) in [6.45, 7) is 16.5. The second-order valence-corrected chi connectivity index (χ2v) is 16.2. The van der Waals surface area contributed by atoms with Gasteiger partial charge in [-0.05, 0) is 128 Å². The van der Waals surface area contributed by atoms with Crippen LogP contribution >= 0.6 is 0 Å². The summed E-state index contributed by atoms with van der Waals surface area (Å²) in [5, 5.41) is 0. The number of imide groups is 2. The minimum atomic E-state index is -0.584. The predicted molar refractivity (Wildman–Crippen MR) is 218 cm³/mol. The fourth-order valence-corrected chi connectivity index (χ4v) is 7.51. The molecule has 8 heteroatoms. The SMILES string of the molecule is CCC(C)(CC)c1cccc(N2C(=O)c3ccc(Oc4ccc(C(C)(C)c5ccc(Oc6ccc7c(c6)C(=O)N(C(C)(C)CC)C7=O)cc5)cc4)cc3C2=O)c1. The molecule has 4 amide bonds. The molecule has 0 saturated carbocycles. The molecule has 5 aromatic carbocycles. The number of amides is 4. The van der Waals surface area contributed by atoms with Crippen molar-refractivity contribution in [2.24, 2.45) is 0 Å². The van der Waals surface area contributed by atoms with Crippen molar-refractivity contribution in [3.8, 4) is 23.0 Å². The molecule has 0 saturated heterocycles. The highest BCUT2D eigenvalue weighted by molar-refractivity contribution is 6.34. The Morgan fingerprint density at radius 3 is 1.41 bits per heavy atom. The standard InChI is InChI=1S/C48H48N2O6/c1-9-46(4,5)50-44(53)39-26-24-37(29-41(39)45(50)54)56-35-21-17-31(18-22-35)47(6,7)30-15-19-34(20-16-30)55-36-23-25-38-40(28-36)43(52)49(42(38)51)33-14-12-13-32(27-33)48(8,10-2)11-3/h12-29H,9-11H2,1-8H3. The summed E-state index contributed by atoms with van der Waals surface area (Å²) in [5.74, 6) is 0.883. The lowest BCUT2D eigenvalue weighted by Gasteiger charge is -2.32. The molecule has 0 aliphatic carbocycles. The van der Waals surface area contributed by atoms with E-state index in [0.717, 1.165) is 29.5 Å². The van der Waals surface area contributed by atoms with Gasteiger partial charge in [-0.25, -0.2) is 4.90 Å². The molecule has 0 unspecified atom stereocenters. The zero-order valence-electron chi connectivity index (χ0n) is 33.4. The molecule has 2 aliphatic rings. The lowest BCUT2D eigenvalue weighted by Crippen LogP contribution is -2.47. The van der Waals surface area contributed by atoms with Gasteiger partial charge in [-0.2, -0.15) is 0 Å². The van der Waals surface area contributed by atoms with Crippen LogP contribution in [0.25, 0.3) is 0 Å². The lowest BCUT2D eigenvalue weighted by molar-refractivity contribution is 0.0474. The monoisotopic (exact) mass is 748 g/mol. The molecular weight excluding hydrogens is 701 g/mol. The van der Waals surface area contributed by atoms with Gasteiger partial charge in [-0.3, -0.25) is 24.1 Å². The Morgan fingerprint density at radius 1 is 0.464 bits per heavy atom. The molecule has 8 nitrogen and oxygen atoms in total. The number of rotatable bonds is 12. The van der Waals surface area contributed by atoms with Crippen LogP contribution in [0.4, 0.5) is 5.69 Å². The molecule has 0 N–H and O–H groups in total. The minimum absolute atomic E-state index is 0.0477. The van der Waals surface area contributed by atoms with Crippen LogP contribution in [-0.2, 0) is 10.8 Å². The summed E-state index contributed by atoms with van der Waals surface area (Å²) in [6.07, 6.45) is 2.55. The summed E-state index contributed by atoms with van der Waals surface area (Å²) in [5.41, 5.74) is 4.24. The number of carbonyl (C=O) groups is 4. The summed E-state index contributed by atoms with van der Waals surface area (Å²) < 4.78 is 12.3. The summed E-state index contributed by atoms with van der Waals surface area (Å²) in [6, 6.07) is 33.4. The first-order chi connectivity index (χ1) is 26.6. The number of ether oxygens (including phenoxy) is 2. The largest absolute Gasteiger partial charge is 0.457 e. The van der Waals surface area contributed by atoms with Crippen molar-refractivity contribution in [3.05, 3.63) is 148 Å². The number of anilines is 1. The molecule has 0 spiro atoms. The van der Waals surface area contributed by atoms with Gasteiger partial charge in [0.05, 0.1) is 27.9 Å². The van der Waals surface area contributed by atoms with Gasteiger partial charge in [-0.15, -0.1) is 0 Å². The lowest BCUT2D eigenvalue weighted by atomic mass is 9.78. The van der Waals surface area contributed by atoms with E-state index in [-0.39, 0.29) is 34.5 Å². The topological polar surface area (TPSA) is 93.2 Å². The molecule has 2 heterocycles. The molecule has 0 aromatic heterocycles. The van der Waals surface area contributed by atoms with Crippen molar-refractivity contribution in [1.82, 2.24) is 4.90 Å². The van der Waals surface area contributed by atoms with Gasteiger partial charge in [0.1, 0.15) is 23.0 Å². The van der Waals surface area contributed by atoms with E-state index in [0.29, 0.717) is 57.4 Å².